The second kappa shape index (κ2) is 7.23. The summed E-state index contributed by atoms with van der Waals surface area (Å²) in [7, 11) is 0. The molecule has 1 aromatic rings. The van der Waals surface area contributed by atoms with Crippen LogP contribution < -0.4 is 5.73 Å². The summed E-state index contributed by atoms with van der Waals surface area (Å²) in [6.45, 7) is 2.69. The second-order valence-corrected chi connectivity index (χ2v) is 6.05. The minimum absolute atomic E-state index is 0.0869. The zero-order valence-corrected chi connectivity index (χ0v) is 13.1. The van der Waals surface area contributed by atoms with Gasteiger partial charge in [0, 0.05) is 18.6 Å². The van der Waals surface area contributed by atoms with Crippen molar-refractivity contribution in [3.63, 3.8) is 0 Å². The number of halogens is 2. The number of hydrogen-bond acceptors (Lipinski definition) is 2. The van der Waals surface area contributed by atoms with Crippen LogP contribution in [0.5, 0.6) is 0 Å². The molecule has 1 aromatic carbocycles. The largest absolute Gasteiger partial charge is 0.336 e. The average Bonchev–Trinajstić information content (AvgIpc) is 2.48. The van der Waals surface area contributed by atoms with Crippen molar-refractivity contribution in [1.82, 2.24) is 4.90 Å². The van der Waals surface area contributed by atoms with E-state index in [1.807, 2.05) is 11.8 Å². The van der Waals surface area contributed by atoms with Crippen LogP contribution in [0.15, 0.2) is 18.2 Å². The summed E-state index contributed by atoms with van der Waals surface area (Å²) in [6.07, 6.45) is 4.52. The van der Waals surface area contributed by atoms with Crippen molar-refractivity contribution >= 4 is 17.5 Å². The van der Waals surface area contributed by atoms with Gasteiger partial charge in [-0.15, -0.1) is 0 Å². The first-order chi connectivity index (χ1) is 10.0. The van der Waals surface area contributed by atoms with Crippen LogP contribution in [-0.2, 0) is 0 Å². The third-order valence-corrected chi connectivity index (χ3v) is 4.47. The van der Waals surface area contributed by atoms with Crippen molar-refractivity contribution < 1.29 is 9.18 Å². The monoisotopic (exact) mass is 312 g/mol. The molecule has 1 amide bonds. The summed E-state index contributed by atoms with van der Waals surface area (Å²) in [5.74, 6) is -0.730. The zero-order chi connectivity index (χ0) is 15.4. The van der Waals surface area contributed by atoms with E-state index in [9.17, 15) is 9.18 Å². The first kappa shape index (κ1) is 16.2. The van der Waals surface area contributed by atoms with Crippen molar-refractivity contribution in [3.05, 3.63) is 34.6 Å². The summed E-state index contributed by atoms with van der Waals surface area (Å²) < 4.78 is 13.6. The Morgan fingerprint density at radius 3 is 2.67 bits per heavy atom. The lowest BCUT2D eigenvalue weighted by atomic mass is 9.90. The van der Waals surface area contributed by atoms with Gasteiger partial charge in [0.2, 0.25) is 0 Å². The molecule has 116 valence electrons. The Kier molecular flexibility index (Phi) is 5.59. The molecule has 1 aliphatic carbocycles. The van der Waals surface area contributed by atoms with Crippen LogP contribution >= 0.6 is 11.6 Å². The molecule has 2 rings (SSSR count). The van der Waals surface area contributed by atoms with E-state index in [0.29, 0.717) is 6.54 Å². The Morgan fingerprint density at radius 2 is 2.05 bits per heavy atom. The highest BCUT2D eigenvalue weighted by atomic mass is 35.5. The third-order valence-electron chi connectivity index (χ3n) is 4.09. The number of nitrogens with two attached hydrogens (primary N) is 1. The first-order valence-electron chi connectivity index (χ1n) is 7.55. The number of nitrogens with zero attached hydrogens (tertiary/aromatic N) is 1. The highest BCUT2D eigenvalue weighted by Crippen LogP contribution is 2.27. The van der Waals surface area contributed by atoms with E-state index in [2.05, 4.69) is 0 Å². The Bertz CT molecular complexity index is 501. The predicted octanol–water partition coefficient (Wildman–Crippen LogP) is 3.60. The topological polar surface area (TPSA) is 46.3 Å². The fraction of sp³-hybridized carbons (Fsp3) is 0.562. The number of benzene rings is 1. The molecule has 0 saturated heterocycles. The molecular formula is C16H22ClFN2O. The van der Waals surface area contributed by atoms with Crippen molar-refractivity contribution in [2.45, 2.75) is 51.1 Å². The van der Waals surface area contributed by atoms with Crippen LogP contribution in [0.25, 0.3) is 0 Å². The number of carbonyl (C=O) groups excluding carboxylic acids is 1. The Labute approximate surface area is 130 Å². The molecule has 0 aliphatic heterocycles. The van der Waals surface area contributed by atoms with Crippen molar-refractivity contribution in [3.8, 4) is 0 Å². The van der Waals surface area contributed by atoms with Gasteiger partial charge >= 0.3 is 0 Å². The maximum atomic E-state index is 13.6. The highest BCUT2D eigenvalue weighted by Gasteiger charge is 2.29. The second-order valence-electron chi connectivity index (χ2n) is 5.67. The van der Waals surface area contributed by atoms with Crippen LogP contribution in [0.3, 0.4) is 0 Å². The van der Waals surface area contributed by atoms with Crippen LogP contribution in [0, 0.1) is 5.82 Å². The van der Waals surface area contributed by atoms with Crippen molar-refractivity contribution in [2.24, 2.45) is 5.73 Å². The maximum Gasteiger partial charge on any atom is 0.255 e. The van der Waals surface area contributed by atoms with Gasteiger partial charge in [-0.1, -0.05) is 24.6 Å². The van der Waals surface area contributed by atoms with E-state index in [4.69, 9.17) is 17.3 Å². The van der Waals surface area contributed by atoms with E-state index in [1.165, 1.54) is 12.1 Å². The number of carbonyl (C=O) groups is 1. The molecule has 0 bridgehead atoms. The van der Waals surface area contributed by atoms with Gasteiger partial charge in [-0.05, 0) is 44.2 Å². The Hall–Kier alpha value is -1.13. The highest BCUT2D eigenvalue weighted by molar-refractivity contribution is 6.34. The molecule has 2 N–H and O–H groups in total. The number of rotatable bonds is 4. The zero-order valence-electron chi connectivity index (χ0n) is 12.3. The molecule has 21 heavy (non-hydrogen) atoms. The molecule has 1 aliphatic rings. The van der Waals surface area contributed by atoms with Crippen molar-refractivity contribution in [2.75, 3.05) is 6.54 Å². The van der Waals surface area contributed by atoms with Gasteiger partial charge in [-0.3, -0.25) is 4.79 Å². The molecular weight excluding hydrogens is 291 g/mol. The molecule has 0 atom stereocenters. The lowest BCUT2D eigenvalue weighted by Crippen LogP contribution is -2.44. The average molecular weight is 313 g/mol. The molecule has 5 heteroatoms. The van der Waals surface area contributed by atoms with Gasteiger partial charge in [0.25, 0.3) is 5.91 Å². The van der Waals surface area contributed by atoms with Gasteiger partial charge in [0.1, 0.15) is 5.82 Å². The standard InChI is InChI=1S/C16H22ClFN2O/c1-2-10-20(12-8-6-11(19)7-9-12)16(21)13-4-3-5-14(18)15(13)17/h3-5,11-12H,2,6-10,19H2,1H3. The lowest BCUT2D eigenvalue weighted by Gasteiger charge is -2.36. The fourth-order valence-corrected chi connectivity index (χ4v) is 3.13. The van der Waals surface area contributed by atoms with E-state index in [0.717, 1.165) is 32.1 Å². The minimum atomic E-state index is -0.551. The van der Waals surface area contributed by atoms with E-state index in [-0.39, 0.29) is 28.6 Å². The maximum absolute atomic E-state index is 13.6. The van der Waals surface area contributed by atoms with Crippen molar-refractivity contribution in [1.29, 1.82) is 0 Å². The van der Waals surface area contributed by atoms with E-state index < -0.39 is 5.82 Å². The number of hydrogen-bond donors (Lipinski definition) is 1. The van der Waals surface area contributed by atoms with E-state index >= 15 is 0 Å². The fourth-order valence-electron chi connectivity index (χ4n) is 2.93. The quantitative estimate of drug-likeness (QED) is 0.923. The van der Waals surface area contributed by atoms with Gasteiger partial charge in [-0.25, -0.2) is 4.39 Å². The molecule has 0 aromatic heterocycles. The lowest BCUT2D eigenvalue weighted by molar-refractivity contribution is 0.0626. The predicted molar refractivity (Wildman–Crippen MR) is 83.0 cm³/mol. The minimum Gasteiger partial charge on any atom is -0.336 e. The van der Waals surface area contributed by atoms with Crippen LogP contribution in [0.4, 0.5) is 4.39 Å². The third kappa shape index (κ3) is 3.74. The summed E-state index contributed by atoms with van der Waals surface area (Å²) in [6, 6.07) is 4.79. The SMILES string of the molecule is CCCN(C(=O)c1cccc(F)c1Cl)C1CCC(N)CC1. The summed E-state index contributed by atoms with van der Waals surface area (Å²) in [5.41, 5.74) is 6.18. The smallest absolute Gasteiger partial charge is 0.255 e. The van der Waals surface area contributed by atoms with Gasteiger partial charge in [0.15, 0.2) is 0 Å². The van der Waals surface area contributed by atoms with Crippen LogP contribution in [-0.4, -0.2) is 29.4 Å². The Morgan fingerprint density at radius 1 is 1.38 bits per heavy atom. The molecule has 0 radical (unpaired) electrons. The summed E-state index contributed by atoms with van der Waals surface area (Å²) in [4.78, 5) is 14.6. The summed E-state index contributed by atoms with van der Waals surface area (Å²) in [5, 5.41) is -0.0869. The normalized spacial score (nSPS) is 22.1. The molecule has 0 heterocycles. The van der Waals surface area contributed by atoms with Gasteiger partial charge in [0.05, 0.1) is 10.6 Å². The molecule has 0 spiro atoms. The first-order valence-corrected chi connectivity index (χ1v) is 7.93. The summed E-state index contributed by atoms with van der Waals surface area (Å²) >= 11 is 5.95. The van der Waals surface area contributed by atoms with E-state index in [1.54, 1.807) is 6.07 Å². The molecule has 3 nitrogen and oxygen atoms in total. The van der Waals surface area contributed by atoms with Crippen LogP contribution in [0.2, 0.25) is 5.02 Å². The van der Waals surface area contributed by atoms with Crippen LogP contribution in [0.1, 0.15) is 49.4 Å². The molecule has 0 unspecified atom stereocenters. The number of amides is 1. The molecule has 1 fully saturated rings. The van der Waals surface area contributed by atoms with Gasteiger partial charge in [-0.2, -0.15) is 0 Å². The van der Waals surface area contributed by atoms with Gasteiger partial charge < -0.3 is 10.6 Å². The molecule has 1 saturated carbocycles. The Balaban J connectivity index is 2.21.